The summed E-state index contributed by atoms with van der Waals surface area (Å²) in [4.78, 5) is 0. The molecular weight excluding hydrogens is 267 g/mol. The summed E-state index contributed by atoms with van der Waals surface area (Å²) in [5.41, 5.74) is 0.626. The second kappa shape index (κ2) is 6.14. The quantitative estimate of drug-likeness (QED) is 0.777. The highest BCUT2D eigenvalue weighted by molar-refractivity contribution is 5.26. The van der Waals surface area contributed by atoms with E-state index in [0.29, 0.717) is 6.61 Å². The van der Waals surface area contributed by atoms with E-state index < -0.39 is 11.7 Å². The lowest BCUT2D eigenvalue weighted by Gasteiger charge is -2.16. The van der Waals surface area contributed by atoms with Gasteiger partial charge in [0.1, 0.15) is 0 Å². The van der Waals surface area contributed by atoms with Crippen LogP contribution in [0.5, 0.6) is 0 Å². The minimum absolute atomic E-state index is 0.230. The van der Waals surface area contributed by atoms with Crippen LogP contribution < -0.4 is 5.32 Å². The van der Waals surface area contributed by atoms with E-state index in [1.165, 1.54) is 12.1 Å². The predicted octanol–water partition coefficient (Wildman–Crippen LogP) is 3.26. The van der Waals surface area contributed by atoms with Gasteiger partial charge in [-0.3, -0.25) is 0 Å². The second-order valence-corrected chi connectivity index (χ2v) is 5.54. The Morgan fingerprint density at radius 3 is 2.35 bits per heavy atom. The number of halogens is 3. The van der Waals surface area contributed by atoms with E-state index in [1.54, 1.807) is 19.2 Å². The van der Waals surface area contributed by atoms with Gasteiger partial charge in [0, 0.05) is 20.2 Å². The SMILES string of the molecule is COCCNCC1(Cc2ccc(C(F)(F)F)cc2)CC1. The molecule has 0 aliphatic heterocycles. The van der Waals surface area contributed by atoms with E-state index >= 15 is 0 Å². The van der Waals surface area contributed by atoms with Crippen molar-refractivity contribution in [1.29, 1.82) is 0 Å². The van der Waals surface area contributed by atoms with Crippen LogP contribution in [0.3, 0.4) is 0 Å². The zero-order valence-corrected chi connectivity index (χ0v) is 11.6. The Balaban J connectivity index is 1.87. The van der Waals surface area contributed by atoms with E-state index in [2.05, 4.69) is 5.32 Å². The molecule has 0 saturated heterocycles. The zero-order chi connectivity index (χ0) is 14.6. The molecule has 0 unspecified atom stereocenters. The average molecular weight is 287 g/mol. The maximum Gasteiger partial charge on any atom is 0.416 e. The van der Waals surface area contributed by atoms with Crippen molar-refractivity contribution in [3.63, 3.8) is 0 Å². The van der Waals surface area contributed by atoms with Crippen LogP contribution in [0.25, 0.3) is 0 Å². The van der Waals surface area contributed by atoms with Crippen LogP contribution in [0.4, 0.5) is 13.2 Å². The lowest BCUT2D eigenvalue weighted by atomic mass is 9.95. The Morgan fingerprint density at radius 2 is 1.85 bits per heavy atom. The average Bonchev–Trinajstić information content (AvgIpc) is 3.14. The zero-order valence-electron chi connectivity index (χ0n) is 11.6. The number of ether oxygens (including phenoxy) is 1. The van der Waals surface area contributed by atoms with Crippen molar-refractivity contribution >= 4 is 0 Å². The highest BCUT2D eigenvalue weighted by atomic mass is 19.4. The van der Waals surface area contributed by atoms with E-state index in [4.69, 9.17) is 4.74 Å². The highest BCUT2D eigenvalue weighted by Crippen LogP contribution is 2.47. The second-order valence-electron chi connectivity index (χ2n) is 5.54. The van der Waals surface area contributed by atoms with Gasteiger partial charge in [-0.25, -0.2) is 0 Å². The van der Waals surface area contributed by atoms with Gasteiger partial charge in [0.25, 0.3) is 0 Å². The summed E-state index contributed by atoms with van der Waals surface area (Å²) in [7, 11) is 1.66. The summed E-state index contributed by atoms with van der Waals surface area (Å²) >= 11 is 0. The molecule has 0 aromatic heterocycles. The van der Waals surface area contributed by atoms with Gasteiger partial charge in [0.05, 0.1) is 12.2 Å². The number of alkyl halides is 3. The van der Waals surface area contributed by atoms with Crippen LogP contribution >= 0.6 is 0 Å². The molecule has 1 aromatic rings. The van der Waals surface area contributed by atoms with Gasteiger partial charge in [-0.15, -0.1) is 0 Å². The fourth-order valence-electron chi connectivity index (χ4n) is 2.37. The summed E-state index contributed by atoms with van der Waals surface area (Å²) < 4.78 is 42.4. The number of hydrogen-bond donors (Lipinski definition) is 1. The Hall–Kier alpha value is -1.07. The third-order valence-corrected chi connectivity index (χ3v) is 3.80. The standard InChI is InChI=1S/C15H20F3NO/c1-20-9-8-19-11-14(6-7-14)10-12-2-4-13(5-3-12)15(16,17)18/h2-5,19H,6-11H2,1H3. The summed E-state index contributed by atoms with van der Waals surface area (Å²) in [5.74, 6) is 0. The number of rotatable bonds is 7. The van der Waals surface area contributed by atoms with Crippen molar-refractivity contribution in [3.8, 4) is 0 Å². The van der Waals surface area contributed by atoms with Crippen LogP contribution in [-0.4, -0.2) is 26.8 Å². The topological polar surface area (TPSA) is 21.3 Å². The van der Waals surface area contributed by atoms with Crippen LogP contribution in [0.15, 0.2) is 24.3 Å². The molecule has 0 radical (unpaired) electrons. The molecule has 2 rings (SSSR count). The lowest BCUT2D eigenvalue weighted by molar-refractivity contribution is -0.137. The Bertz CT molecular complexity index is 424. The van der Waals surface area contributed by atoms with Gasteiger partial charge < -0.3 is 10.1 Å². The maximum absolute atomic E-state index is 12.5. The first-order chi connectivity index (χ1) is 9.45. The smallest absolute Gasteiger partial charge is 0.383 e. The molecule has 0 amide bonds. The monoisotopic (exact) mass is 287 g/mol. The lowest BCUT2D eigenvalue weighted by Crippen LogP contribution is -2.28. The van der Waals surface area contributed by atoms with E-state index in [-0.39, 0.29) is 5.41 Å². The molecule has 1 aliphatic carbocycles. The first-order valence-corrected chi connectivity index (χ1v) is 6.81. The summed E-state index contributed by atoms with van der Waals surface area (Å²) in [5, 5.41) is 3.34. The molecule has 2 nitrogen and oxygen atoms in total. The van der Waals surface area contributed by atoms with Crippen LogP contribution in [0.1, 0.15) is 24.0 Å². The molecule has 20 heavy (non-hydrogen) atoms. The molecule has 0 spiro atoms. The number of methoxy groups -OCH3 is 1. The Kier molecular flexibility index (Phi) is 4.70. The molecule has 1 fully saturated rings. The summed E-state index contributed by atoms with van der Waals surface area (Å²) in [6, 6.07) is 5.53. The van der Waals surface area contributed by atoms with Crippen LogP contribution in [0.2, 0.25) is 0 Å². The molecular formula is C15H20F3NO. The van der Waals surface area contributed by atoms with Crippen molar-refractivity contribution in [3.05, 3.63) is 35.4 Å². The normalized spacial score (nSPS) is 17.2. The molecule has 1 aromatic carbocycles. The number of benzene rings is 1. The van der Waals surface area contributed by atoms with Gasteiger partial charge >= 0.3 is 6.18 Å². The van der Waals surface area contributed by atoms with Crippen LogP contribution in [0, 0.1) is 5.41 Å². The molecule has 1 aliphatic rings. The van der Waals surface area contributed by atoms with Gasteiger partial charge in [-0.05, 0) is 42.4 Å². The van der Waals surface area contributed by atoms with Gasteiger partial charge in [-0.1, -0.05) is 12.1 Å². The molecule has 0 bridgehead atoms. The summed E-state index contributed by atoms with van der Waals surface area (Å²) in [6.45, 7) is 2.39. The van der Waals surface area contributed by atoms with E-state index in [1.807, 2.05) is 0 Å². The fourth-order valence-corrected chi connectivity index (χ4v) is 2.37. The molecule has 0 heterocycles. The number of hydrogen-bond acceptors (Lipinski definition) is 2. The maximum atomic E-state index is 12.5. The van der Waals surface area contributed by atoms with Crippen LogP contribution in [-0.2, 0) is 17.3 Å². The minimum Gasteiger partial charge on any atom is -0.383 e. The Labute approximate surface area is 117 Å². The Morgan fingerprint density at radius 1 is 1.20 bits per heavy atom. The highest BCUT2D eigenvalue weighted by Gasteiger charge is 2.42. The van der Waals surface area contributed by atoms with Gasteiger partial charge in [0.2, 0.25) is 0 Å². The van der Waals surface area contributed by atoms with Crippen molar-refractivity contribution in [2.24, 2.45) is 5.41 Å². The predicted molar refractivity (Wildman–Crippen MR) is 71.6 cm³/mol. The number of nitrogens with one attached hydrogen (secondary N) is 1. The van der Waals surface area contributed by atoms with Crippen molar-refractivity contribution in [2.75, 3.05) is 26.8 Å². The van der Waals surface area contributed by atoms with Crippen molar-refractivity contribution in [1.82, 2.24) is 5.32 Å². The molecule has 5 heteroatoms. The third kappa shape index (κ3) is 4.21. The molecule has 0 atom stereocenters. The first kappa shape index (κ1) is 15.3. The van der Waals surface area contributed by atoms with E-state index in [0.717, 1.165) is 37.9 Å². The fraction of sp³-hybridized carbons (Fsp3) is 0.600. The van der Waals surface area contributed by atoms with Crippen molar-refractivity contribution in [2.45, 2.75) is 25.4 Å². The largest absolute Gasteiger partial charge is 0.416 e. The molecule has 112 valence electrons. The van der Waals surface area contributed by atoms with Gasteiger partial charge in [-0.2, -0.15) is 13.2 Å². The summed E-state index contributed by atoms with van der Waals surface area (Å²) in [6.07, 6.45) is -1.15. The van der Waals surface area contributed by atoms with Gasteiger partial charge in [0.15, 0.2) is 0 Å². The molecule has 1 saturated carbocycles. The van der Waals surface area contributed by atoms with Crippen molar-refractivity contribution < 1.29 is 17.9 Å². The van der Waals surface area contributed by atoms with E-state index in [9.17, 15) is 13.2 Å². The third-order valence-electron chi connectivity index (χ3n) is 3.80. The molecule has 1 N–H and O–H groups in total. The first-order valence-electron chi connectivity index (χ1n) is 6.81. The minimum atomic E-state index is -4.25.